The first-order valence-electron chi connectivity index (χ1n) is 5.51. The molecule has 2 nitrogen and oxygen atoms in total. The number of allylic oxidation sites excluding steroid dienone is 1. The molecule has 86 valence electrons. The van der Waals surface area contributed by atoms with E-state index in [4.69, 9.17) is 10.5 Å². The van der Waals surface area contributed by atoms with Crippen molar-refractivity contribution in [2.75, 3.05) is 7.11 Å². The lowest BCUT2D eigenvalue weighted by Gasteiger charge is -2.11. The maximum atomic E-state index is 6.08. The summed E-state index contributed by atoms with van der Waals surface area (Å²) < 4.78 is 5.10. The van der Waals surface area contributed by atoms with Gasteiger partial charge in [0.15, 0.2) is 0 Å². The summed E-state index contributed by atoms with van der Waals surface area (Å²) in [6.07, 6.45) is 4.98. The molecule has 2 N–H and O–H groups in total. The van der Waals surface area contributed by atoms with Crippen molar-refractivity contribution in [1.82, 2.24) is 0 Å². The van der Waals surface area contributed by atoms with Crippen molar-refractivity contribution in [1.29, 1.82) is 0 Å². The van der Waals surface area contributed by atoms with E-state index in [9.17, 15) is 0 Å². The molecule has 0 heterocycles. The van der Waals surface area contributed by atoms with Gasteiger partial charge in [0.2, 0.25) is 0 Å². The van der Waals surface area contributed by atoms with Crippen LogP contribution in [0.25, 0.3) is 0 Å². The van der Waals surface area contributed by atoms with Crippen LogP contribution in [0.5, 0.6) is 5.75 Å². The van der Waals surface area contributed by atoms with Crippen LogP contribution in [0.4, 0.5) is 0 Å². The molecule has 1 atom stereocenters. The highest BCUT2D eigenvalue weighted by Crippen LogP contribution is 2.19. The third-order valence-corrected chi connectivity index (χ3v) is 2.55. The third-order valence-electron chi connectivity index (χ3n) is 2.55. The second-order valence-corrected chi connectivity index (χ2v) is 3.72. The molecule has 1 aromatic rings. The quantitative estimate of drug-likeness (QED) is 0.586. The van der Waals surface area contributed by atoms with Gasteiger partial charge in [-0.05, 0) is 43.0 Å². The summed E-state index contributed by atoms with van der Waals surface area (Å²) in [6, 6.07) is 8.03. The van der Waals surface area contributed by atoms with Crippen molar-refractivity contribution in [3.63, 3.8) is 0 Å². The molecule has 1 rings (SSSR count). The molecule has 0 bridgehead atoms. The highest BCUT2D eigenvalue weighted by atomic mass is 16.5. The van der Waals surface area contributed by atoms with E-state index in [1.807, 2.05) is 30.3 Å². The van der Waals surface area contributed by atoms with Crippen LogP contribution in [-0.4, -0.2) is 7.11 Å². The van der Waals surface area contributed by atoms with E-state index in [1.54, 1.807) is 7.11 Å². The standard InChI is InChI=1S/C14H19NO/c1-3-4-5-6-7-14(15)12-8-10-13(16-2)11-9-12/h4,8-11,14H,1,5-7,15H2,2H3/t14-/m1/s1. The molecule has 0 aliphatic carbocycles. The molecule has 0 amide bonds. The molecule has 16 heavy (non-hydrogen) atoms. The molecule has 0 aliphatic rings. The van der Waals surface area contributed by atoms with Gasteiger partial charge < -0.3 is 10.5 Å². The van der Waals surface area contributed by atoms with Gasteiger partial charge in [-0.3, -0.25) is 0 Å². The monoisotopic (exact) mass is 217 g/mol. The highest BCUT2D eigenvalue weighted by molar-refractivity contribution is 5.28. The summed E-state index contributed by atoms with van der Waals surface area (Å²) in [5.74, 6) is 0.866. The van der Waals surface area contributed by atoms with E-state index in [2.05, 4.69) is 12.3 Å². The fraction of sp³-hybridized carbons (Fsp3) is 0.357. The van der Waals surface area contributed by atoms with Crippen molar-refractivity contribution in [2.24, 2.45) is 5.73 Å². The Morgan fingerprint density at radius 2 is 2.12 bits per heavy atom. The molecule has 0 saturated carbocycles. The number of methoxy groups -OCH3 is 1. The van der Waals surface area contributed by atoms with Crippen LogP contribution in [0.3, 0.4) is 0 Å². The summed E-state index contributed by atoms with van der Waals surface area (Å²) >= 11 is 0. The Bertz CT molecular complexity index is 350. The van der Waals surface area contributed by atoms with Crippen LogP contribution in [0.1, 0.15) is 30.9 Å². The molecule has 0 unspecified atom stereocenters. The number of rotatable bonds is 6. The zero-order valence-corrected chi connectivity index (χ0v) is 9.78. The van der Waals surface area contributed by atoms with Crippen molar-refractivity contribution in [2.45, 2.75) is 25.3 Å². The van der Waals surface area contributed by atoms with Gasteiger partial charge in [-0.25, -0.2) is 0 Å². The van der Waals surface area contributed by atoms with Crippen molar-refractivity contribution in [3.8, 4) is 5.75 Å². The molecule has 0 aromatic heterocycles. The minimum atomic E-state index is 0.101. The number of hydrogen-bond acceptors (Lipinski definition) is 2. The smallest absolute Gasteiger partial charge is 0.118 e. The molecule has 0 saturated heterocycles. The van der Waals surface area contributed by atoms with Gasteiger partial charge in [0, 0.05) is 6.04 Å². The maximum Gasteiger partial charge on any atom is 0.118 e. The van der Waals surface area contributed by atoms with Crippen molar-refractivity contribution < 1.29 is 4.74 Å². The Labute approximate surface area is 97.4 Å². The van der Waals surface area contributed by atoms with Crippen molar-refractivity contribution >= 4 is 0 Å². The number of unbranched alkanes of at least 4 members (excludes halogenated alkanes) is 1. The Balaban J connectivity index is 2.45. The number of benzene rings is 1. The Hall–Kier alpha value is -1.50. The van der Waals surface area contributed by atoms with Gasteiger partial charge >= 0.3 is 0 Å². The summed E-state index contributed by atoms with van der Waals surface area (Å²) in [7, 11) is 1.66. The summed E-state index contributed by atoms with van der Waals surface area (Å²) in [4.78, 5) is 0. The molecule has 0 radical (unpaired) electrons. The van der Waals surface area contributed by atoms with Crippen molar-refractivity contribution in [3.05, 3.63) is 48.2 Å². The molecule has 0 fully saturated rings. The van der Waals surface area contributed by atoms with Gasteiger partial charge in [0.1, 0.15) is 5.75 Å². The average molecular weight is 217 g/mol. The fourth-order valence-corrected chi connectivity index (χ4v) is 1.56. The predicted octanol–water partition coefficient (Wildman–Crippen LogP) is 3.21. The lowest BCUT2D eigenvalue weighted by Crippen LogP contribution is -2.09. The van der Waals surface area contributed by atoms with E-state index >= 15 is 0 Å². The van der Waals surface area contributed by atoms with E-state index in [1.165, 1.54) is 0 Å². The van der Waals surface area contributed by atoms with Crippen LogP contribution < -0.4 is 10.5 Å². The Kier molecular flexibility index (Phi) is 5.41. The second-order valence-electron chi connectivity index (χ2n) is 3.72. The van der Waals surface area contributed by atoms with Gasteiger partial charge in [0.25, 0.3) is 0 Å². The zero-order valence-electron chi connectivity index (χ0n) is 9.78. The molecule has 2 heteroatoms. The van der Waals surface area contributed by atoms with Crippen LogP contribution in [0.2, 0.25) is 0 Å². The largest absolute Gasteiger partial charge is 0.497 e. The first-order chi connectivity index (χ1) is 7.77. The fourth-order valence-electron chi connectivity index (χ4n) is 1.56. The summed E-state index contributed by atoms with van der Waals surface area (Å²) in [5, 5.41) is 0. The van der Waals surface area contributed by atoms with E-state index in [0.29, 0.717) is 0 Å². The van der Waals surface area contributed by atoms with E-state index in [0.717, 1.165) is 30.6 Å². The molecule has 0 aliphatic heterocycles. The van der Waals surface area contributed by atoms with Crippen LogP contribution >= 0.6 is 0 Å². The van der Waals surface area contributed by atoms with Gasteiger partial charge in [0.05, 0.1) is 7.11 Å². The molecular formula is C14H19NO. The van der Waals surface area contributed by atoms with Crippen LogP contribution in [0.15, 0.2) is 42.7 Å². The summed E-state index contributed by atoms with van der Waals surface area (Å²) in [5.41, 5.74) is 10.00. The van der Waals surface area contributed by atoms with Gasteiger partial charge in [-0.2, -0.15) is 0 Å². The van der Waals surface area contributed by atoms with E-state index < -0.39 is 0 Å². The minimum Gasteiger partial charge on any atom is -0.497 e. The predicted molar refractivity (Wildman–Crippen MR) is 67.5 cm³/mol. The lowest BCUT2D eigenvalue weighted by molar-refractivity contribution is 0.414. The number of hydrogen-bond donors (Lipinski definition) is 1. The third kappa shape index (κ3) is 3.93. The van der Waals surface area contributed by atoms with Gasteiger partial charge in [-0.1, -0.05) is 18.7 Å². The summed E-state index contributed by atoms with van der Waals surface area (Å²) in [6.45, 7) is 3.53. The van der Waals surface area contributed by atoms with Gasteiger partial charge in [-0.15, -0.1) is 5.73 Å². The highest BCUT2D eigenvalue weighted by Gasteiger charge is 2.04. The minimum absolute atomic E-state index is 0.101. The lowest BCUT2D eigenvalue weighted by atomic mass is 10.0. The first kappa shape index (κ1) is 12.6. The Morgan fingerprint density at radius 3 is 2.69 bits per heavy atom. The molecule has 1 aromatic carbocycles. The zero-order chi connectivity index (χ0) is 11.8. The van der Waals surface area contributed by atoms with Crippen LogP contribution in [-0.2, 0) is 0 Å². The van der Waals surface area contributed by atoms with Crippen LogP contribution in [0, 0.1) is 0 Å². The molecule has 0 spiro atoms. The molecular weight excluding hydrogens is 198 g/mol. The maximum absolute atomic E-state index is 6.08. The normalized spacial score (nSPS) is 11.6. The second kappa shape index (κ2) is 6.89. The SMILES string of the molecule is C=C=CCCC[C@@H](N)c1ccc(OC)cc1. The topological polar surface area (TPSA) is 35.2 Å². The number of ether oxygens (including phenoxy) is 1. The van der Waals surface area contributed by atoms with E-state index in [-0.39, 0.29) is 6.04 Å². The Morgan fingerprint density at radius 1 is 1.44 bits per heavy atom. The first-order valence-corrected chi connectivity index (χ1v) is 5.51. The average Bonchev–Trinajstić information content (AvgIpc) is 2.34. The number of nitrogens with two attached hydrogens (primary N) is 1.